The molecule has 1 aromatic carbocycles. The van der Waals surface area contributed by atoms with Crippen LogP contribution >= 0.6 is 11.3 Å². The first-order valence-electron chi connectivity index (χ1n) is 20.6. The molecule has 3 fully saturated rings. The molecular weight excluding hydrogens is 797 g/mol. The first-order valence-corrected chi connectivity index (χ1v) is 21.5. The van der Waals surface area contributed by atoms with Crippen LogP contribution in [-0.4, -0.2) is 108 Å². The molecule has 3 saturated heterocycles. The molecule has 5 aromatic rings. The molecule has 61 heavy (non-hydrogen) atoms. The van der Waals surface area contributed by atoms with Gasteiger partial charge in [0, 0.05) is 55.9 Å². The summed E-state index contributed by atoms with van der Waals surface area (Å²) in [5, 5.41) is 33.5. The van der Waals surface area contributed by atoms with Crippen molar-refractivity contribution in [3.05, 3.63) is 77.1 Å². The van der Waals surface area contributed by atoms with Crippen LogP contribution < -0.4 is 20.9 Å². The summed E-state index contributed by atoms with van der Waals surface area (Å²) >= 11 is 1.52. The zero-order valence-electron chi connectivity index (χ0n) is 33.8. The molecule has 1 unspecified atom stereocenters. The maximum Gasteiger partial charge on any atom is 0.262 e. The van der Waals surface area contributed by atoms with E-state index in [2.05, 4.69) is 61.0 Å². The number of anilines is 2. The number of nitrogens with one attached hydrogen (secondary N) is 3. The lowest BCUT2D eigenvalue weighted by Gasteiger charge is -2.34. The van der Waals surface area contributed by atoms with Crippen molar-refractivity contribution < 1.29 is 24.0 Å². The van der Waals surface area contributed by atoms with Gasteiger partial charge in [-0.3, -0.25) is 44.1 Å². The second-order valence-electron chi connectivity index (χ2n) is 16.4. The molecule has 0 aliphatic carbocycles. The van der Waals surface area contributed by atoms with E-state index in [0.717, 1.165) is 101 Å². The van der Waals surface area contributed by atoms with Crippen molar-refractivity contribution >= 4 is 57.2 Å². The normalized spacial score (nSPS) is 19.1. The van der Waals surface area contributed by atoms with Gasteiger partial charge in [-0.15, -0.1) is 10.2 Å². The molecule has 1 atom stereocenters. The predicted molar refractivity (Wildman–Crippen MR) is 225 cm³/mol. The highest BCUT2D eigenvalue weighted by Crippen LogP contribution is 2.37. The number of nitrogens with zero attached hydrogens (tertiary/aromatic N) is 9. The minimum Gasteiger partial charge on any atom is -0.382 e. The standard InChI is InChI=1S/C43H44N12O5S/c1-24(2)47-33-19-34(35-6-4-29-17-26(20-44)21-46-55(29)35)45-22-32(33)40-50-51-43(61-40)53-15-11-28(12-16-53)48-38(57)27-9-13-52(14-10-27)23-25-3-5-30-31(18-25)42(60)54(41(30)59)36-7-8-37(56)49-39(36)58/h3-6,17-19,21-22,24,27-28,36H,7-16,23H2,1-2H3,(H,45,47)(H,48,57)(H,49,56,58). The summed E-state index contributed by atoms with van der Waals surface area (Å²) in [5.74, 6) is -2.07. The maximum atomic E-state index is 13.4. The highest BCUT2D eigenvalue weighted by Gasteiger charge is 2.44. The third-order valence-electron chi connectivity index (χ3n) is 11.9. The quantitative estimate of drug-likeness (QED) is 0.170. The van der Waals surface area contributed by atoms with Crippen LogP contribution in [0.5, 0.6) is 0 Å². The summed E-state index contributed by atoms with van der Waals surface area (Å²) in [6, 6.07) is 14.2. The monoisotopic (exact) mass is 840 g/mol. The Balaban J connectivity index is 0.765. The Morgan fingerprint density at radius 1 is 0.918 bits per heavy atom. The number of amides is 5. The second-order valence-corrected chi connectivity index (χ2v) is 17.3. The lowest BCUT2D eigenvalue weighted by molar-refractivity contribution is -0.136. The smallest absolute Gasteiger partial charge is 0.262 e. The molecule has 5 amide bonds. The lowest BCUT2D eigenvalue weighted by Crippen LogP contribution is -2.54. The third kappa shape index (κ3) is 7.93. The summed E-state index contributed by atoms with van der Waals surface area (Å²) in [5.41, 5.74) is 6.00. The molecular formula is C43H44N12O5S. The number of rotatable bonds is 10. The van der Waals surface area contributed by atoms with E-state index in [0.29, 0.717) is 12.1 Å². The number of pyridine rings is 1. The van der Waals surface area contributed by atoms with Crippen molar-refractivity contribution in [1.29, 1.82) is 5.26 Å². The van der Waals surface area contributed by atoms with Crippen molar-refractivity contribution in [2.75, 3.05) is 36.4 Å². The fourth-order valence-corrected chi connectivity index (χ4v) is 9.59. The SMILES string of the molecule is CC(C)Nc1cc(-c2ccc3cc(C#N)cnn23)ncc1-c1nnc(N2CCC(NC(=O)C3CCN(Cc4ccc5c(c4)C(=O)N(C4CCC(=O)NC4=O)C5=O)CC3)CC2)s1. The minimum absolute atomic E-state index is 0.0734. The van der Waals surface area contributed by atoms with Gasteiger partial charge >= 0.3 is 0 Å². The molecule has 17 nitrogen and oxygen atoms in total. The van der Waals surface area contributed by atoms with Gasteiger partial charge in [0.05, 0.1) is 45.4 Å². The minimum atomic E-state index is -0.996. The van der Waals surface area contributed by atoms with Gasteiger partial charge in [0.15, 0.2) is 5.01 Å². The fraction of sp³-hybridized carbons (Fsp3) is 0.395. The van der Waals surface area contributed by atoms with Gasteiger partial charge in [0.1, 0.15) is 12.1 Å². The highest BCUT2D eigenvalue weighted by atomic mass is 32.1. The average molecular weight is 841 g/mol. The number of benzene rings is 1. The van der Waals surface area contributed by atoms with E-state index in [1.165, 1.54) is 11.3 Å². The number of hydrogen-bond donors (Lipinski definition) is 3. The number of imide groups is 2. The molecule has 4 aliphatic heterocycles. The van der Waals surface area contributed by atoms with E-state index in [1.54, 1.807) is 28.9 Å². The molecule has 4 aliphatic rings. The second kappa shape index (κ2) is 16.5. The Morgan fingerprint density at radius 3 is 2.46 bits per heavy atom. The van der Waals surface area contributed by atoms with Gasteiger partial charge in [-0.25, -0.2) is 4.52 Å². The van der Waals surface area contributed by atoms with Gasteiger partial charge < -0.3 is 15.5 Å². The summed E-state index contributed by atoms with van der Waals surface area (Å²) in [6.45, 7) is 7.66. The van der Waals surface area contributed by atoms with Crippen molar-refractivity contribution in [3.63, 3.8) is 0 Å². The molecule has 0 spiro atoms. The number of nitriles is 1. The molecule has 0 saturated carbocycles. The molecule has 4 aromatic heterocycles. The first kappa shape index (κ1) is 39.9. The number of aromatic nitrogens is 5. The van der Waals surface area contributed by atoms with Crippen LogP contribution in [0.25, 0.3) is 27.5 Å². The van der Waals surface area contributed by atoms with Gasteiger partial charge in [-0.05, 0) is 101 Å². The summed E-state index contributed by atoms with van der Waals surface area (Å²) in [4.78, 5) is 74.1. The van der Waals surface area contributed by atoms with Crippen LogP contribution in [0.4, 0.5) is 10.8 Å². The summed E-state index contributed by atoms with van der Waals surface area (Å²) in [6.07, 6.45) is 6.58. The number of likely N-dealkylation sites (tertiary alicyclic amines) is 1. The van der Waals surface area contributed by atoms with E-state index < -0.39 is 29.7 Å². The van der Waals surface area contributed by atoms with Crippen molar-refractivity contribution in [2.45, 2.75) is 77.0 Å². The Bertz CT molecular complexity index is 2620. The zero-order valence-corrected chi connectivity index (χ0v) is 34.6. The number of hydrogen-bond acceptors (Lipinski definition) is 14. The van der Waals surface area contributed by atoms with Crippen molar-refractivity contribution in [2.24, 2.45) is 5.92 Å². The molecule has 312 valence electrons. The Hall–Kier alpha value is -6.58. The molecule has 18 heteroatoms. The molecule has 8 heterocycles. The van der Waals surface area contributed by atoms with Crippen LogP contribution in [0.2, 0.25) is 0 Å². The topological polar surface area (TPSA) is 211 Å². The van der Waals surface area contributed by atoms with Gasteiger partial charge in [0.2, 0.25) is 22.9 Å². The average Bonchev–Trinajstić information content (AvgIpc) is 3.98. The fourth-order valence-electron chi connectivity index (χ4n) is 8.66. The van der Waals surface area contributed by atoms with Crippen LogP contribution in [0.3, 0.4) is 0 Å². The molecule has 0 bridgehead atoms. The summed E-state index contributed by atoms with van der Waals surface area (Å²) < 4.78 is 1.78. The number of fused-ring (bicyclic) bond motifs is 2. The maximum absolute atomic E-state index is 13.4. The lowest BCUT2D eigenvalue weighted by atomic mass is 9.94. The Morgan fingerprint density at radius 2 is 1.70 bits per heavy atom. The van der Waals surface area contributed by atoms with Crippen LogP contribution in [-0.2, 0) is 20.9 Å². The summed E-state index contributed by atoms with van der Waals surface area (Å²) in [7, 11) is 0. The van der Waals surface area contributed by atoms with Gasteiger partial charge in [-0.2, -0.15) is 10.4 Å². The molecule has 9 rings (SSSR count). The van der Waals surface area contributed by atoms with Crippen LogP contribution in [0, 0.1) is 17.2 Å². The first-order chi connectivity index (χ1) is 29.5. The van der Waals surface area contributed by atoms with Crippen LogP contribution in [0.1, 0.15) is 84.2 Å². The van der Waals surface area contributed by atoms with Gasteiger partial charge in [-0.1, -0.05) is 17.4 Å². The van der Waals surface area contributed by atoms with E-state index >= 15 is 0 Å². The molecule has 3 N–H and O–H groups in total. The molecule has 0 radical (unpaired) electrons. The highest BCUT2D eigenvalue weighted by molar-refractivity contribution is 7.18. The van der Waals surface area contributed by atoms with E-state index in [4.69, 9.17) is 4.98 Å². The van der Waals surface area contributed by atoms with E-state index in [-0.39, 0.29) is 47.9 Å². The Labute approximate surface area is 355 Å². The van der Waals surface area contributed by atoms with Crippen molar-refractivity contribution in [1.82, 2.24) is 45.2 Å². The number of carbonyl (C=O) groups is 5. The number of carbonyl (C=O) groups excluding carboxylic acids is 5. The van der Waals surface area contributed by atoms with Crippen molar-refractivity contribution in [3.8, 4) is 28.0 Å². The van der Waals surface area contributed by atoms with Gasteiger partial charge in [0.25, 0.3) is 11.8 Å². The van der Waals surface area contributed by atoms with E-state index in [1.807, 2.05) is 30.5 Å². The zero-order chi connectivity index (χ0) is 42.4. The number of piperidine rings is 3. The van der Waals surface area contributed by atoms with Crippen LogP contribution in [0.15, 0.2) is 54.9 Å². The van der Waals surface area contributed by atoms with E-state index in [9.17, 15) is 29.2 Å². The third-order valence-corrected chi connectivity index (χ3v) is 12.9. The largest absolute Gasteiger partial charge is 0.382 e. The Kier molecular flexibility index (Phi) is 10.8. The predicted octanol–water partition coefficient (Wildman–Crippen LogP) is 4.01.